The van der Waals surface area contributed by atoms with E-state index in [-0.39, 0.29) is 16.7 Å². The maximum Gasteiger partial charge on any atom is 0.154 e. The first-order valence-electron chi connectivity index (χ1n) is 7.70. The van der Waals surface area contributed by atoms with Crippen LogP contribution in [-0.4, -0.2) is 15.9 Å². The van der Waals surface area contributed by atoms with Gasteiger partial charge in [0.15, 0.2) is 5.78 Å². The Balaban J connectivity index is 2.03. The van der Waals surface area contributed by atoms with E-state index in [1.807, 2.05) is 0 Å². The van der Waals surface area contributed by atoms with Crippen molar-refractivity contribution in [2.75, 3.05) is 0 Å². The highest BCUT2D eigenvalue weighted by Crippen LogP contribution is 2.74. The number of carbonyl (C=O) groups excluding carboxylic acids is 2. The summed E-state index contributed by atoms with van der Waals surface area (Å²) >= 11 is 3.75. The maximum absolute atomic E-state index is 13.1. The number of hydrogen-bond donors (Lipinski definition) is 0. The Morgan fingerprint density at radius 2 is 1.95 bits per heavy atom. The Hall–Kier alpha value is -0.440. The molecule has 2 bridgehead atoms. The number of ketones is 2. The van der Waals surface area contributed by atoms with Gasteiger partial charge in [-0.3, -0.25) is 9.59 Å². The molecule has 20 heavy (non-hydrogen) atoms. The van der Waals surface area contributed by atoms with Crippen LogP contribution in [0.3, 0.4) is 0 Å². The van der Waals surface area contributed by atoms with Crippen molar-refractivity contribution in [3.05, 3.63) is 11.6 Å². The molecule has 5 aliphatic carbocycles. The van der Waals surface area contributed by atoms with E-state index < -0.39 is 4.32 Å². The number of hydrogen-bond acceptors (Lipinski definition) is 2. The van der Waals surface area contributed by atoms with Gasteiger partial charge in [0, 0.05) is 17.8 Å². The lowest BCUT2D eigenvalue weighted by Crippen LogP contribution is -2.73. The number of alkyl halides is 1. The van der Waals surface area contributed by atoms with E-state index in [0.29, 0.717) is 29.8 Å². The zero-order chi connectivity index (χ0) is 14.5. The van der Waals surface area contributed by atoms with Crippen molar-refractivity contribution >= 4 is 27.5 Å². The van der Waals surface area contributed by atoms with E-state index in [9.17, 15) is 9.59 Å². The third kappa shape index (κ3) is 1.09. The minimum absolute atomic E-state index is 0.0707. The molecular formula is C17H21BrO2. The Labute approximate surface area is 128 Å². The molecular weight excluding hydrogens is 316 g/mol. The SMILES string of the molecule is CC1=C[C@@H]2CC[C@@H]3C(C)(C)[C@@]4(Br)CC(=O)[C@@]23[C@@H](C1)C4=O. The fourth-order valence-corrected chi connectivity index (χ4v) is 6.94. The lowest BCUT2D eigenvalue weighted by atomic mass is 9.38. The average molecular weight is 337 g/mol. The van der Waals surface area contributed by atoms with Gasteiger partial charge >= 0.3 is 0 Å². The van der Waals surface area contributed by atoms with Crippen molar-refractivity contribution in [1.82, 2.24) is 0 Å². The van der Waals surface area contributed by atoms with Gasteiger partial charge in [-0.2, -0.15) is 0 Å². The minimum atomic E-state index is -0.624. The van der Waals surface area contributed by atoms with Crippen molar-refractivity contribution in [3.8, 4) is 0 Å². The van der Waals surface area contributed by atoms with E-state index in [2.05, 4.69) is 42.8 Å². The van der Waals surface area contributed by atoms with Crippen LogP contribution in [0.4, 0.5) is 0 Å². The number of halogens is 1. The summed E-state index contributed by atoms with van der Waals surface area (Å²) in [5.74, 6) is 1.25. The second-order valence-corrected chi connectivity index (χ2v) is 9.28. The Bertz CT molecular complexity index is 576. The largest absolute Gasteiger partial charge is 0.299 e. The van der Waals surface area contributed by atoms with Gasteiger partial charge in [-0.1, -0.05) is 41.4 Å². The van der Waals surface area contributed by atoms with Crippen LogP contribution in [0.15, 0.2) is 11.6 Å². The third-order valence-corrected chi connectivity index (χ3v) is 8.72. The molecule has 0 aromatic heterocycles. The highest BCUT2D eigenvalue weighted by Gasteiger charge is 2.78. The smallest absolute Gasteiger partial charge is 0.154 e. The summed E-state index contributed by atoms with van der Waals surface area (Å²) in [6.07, 6.45) is 5.66. The van der Waals surface area contributed by atoms with Gasteiger partial charge in [0.25, 0.3) is 0 Å². The molecule has 0 aromatic carbocycles. The number of Topliss-reactive ketones (excluding diaryl/α,β-unsaturated/α-hetero) is 2. The summed E-state index contributed by atoms with van der Waals surface area (Å²) in [5.41, 5.74) is 0.812. The average Bonchev–Trinajstić information content (AvgIpc) is 2.74. The summed E-state index contributed by atoms with van der Waals surface area (Å²) in [7, 11) is 0. The van der Waals surface area contributed by atoms with Crippen molar-refractivity contribution in [2.24, 2.45) is 28.6 Å². The summed E-state index contributed by atoms with van der Waals surface area (Å²) in [6, 6.07) is 0. The Morgan fingerprint density at radius 1 is 1.25 bits per heavy atom. The first-order valence-corrected chi connectivity index (χ1v) is 8.49. The van der Waals surface area contributed by atoms with Crippen LogP contribution < -0.4 is 0 Å². The van der Waals surface area contributed by atoms with Gasteiger partial charge in [0.05, 0.1) is 4.32 Å². The predicted molar refractivity (Wildman–Crippen MR) is 80.6 cm³/mol. The van der Waals surface area contributed by atoms with E-state index >= 15 is 0 Å². The molecule has 0 saturated heterocycles. The zero-order valence-corrected chi connectivity index (χ0v) is 13.9. The first kappa shape index (κ1) is 13.2. The molecule has 3 heteroatoms. The van der Waals surface area contributed by atoms with Crippen molar-refractivity contribution in [3.63, 3.8) is 0 Å². The van der Waals surface area contributed by atoms with Gasteiger partial charge in [0.1, 0.15) is 5.78 Å². The van der Waals surface area contributed by atoms with Gasteiger partial charge in [-0.05, 0) is 43.4 Å². The molecule has 5 rings (SSSR count). The lowest BCUT2D eigenvalue weighted by molar-refractivity contribution is -0.177. The van der Waals surface area contributed by atoms with E-state index in [1.54, 1.807) is 0 Å². The van der Waals surface area contributed by atoms with Crippen LogP contribution in [0.1, 0.15) is 46.5 Å². The predicted octanol–water partition coefficient (Wildman–Crippen LogP) is 3.68. The topological polar surface area (TPSA) is 34.1 Å². The van der Waals surface area contributed by atoms with Crippen LogP contribution >= 0.6 is 15.9 Å². The summed E-state index contributed by atoms with van der Waals surface area (Å²) in [5, 5.41) is 0. The second kappa shape index (κ2) is 3.48. The highest BCUT2D eigenvalue weighted by molar-refractivity contribution is 9.10. The van der Waals surface area contributed by atoms with Crippen LogP contribution in [-0.2, 0) is 9.59 Å². The molecule has 2 nitrogen and oxygen atoms in total. The summed E-state index contributed by atoms with van der Waals surface area (Å²) in [6.45, 7) is 6.51. The monoisotopic (exact) mass is 336 g/mol. The van der Waals surface area contributed by atoms with Gasteiger partial charge in [-0.15, -0.1) is 0 Å². The van der Waals surface area contributed by atoms with Gasteiger partial charge in [0.2, 0.25) is 0 Å². The quantitative estimate of drug-likeness (QED) is 0.499. The molecule has 0 radical (unpaired) electrons. The molecule has 0 unspecified atom stereocenters. The molecule has 0 amide bonds. The minimum Gasteiger partial charge on any atom is -0.299 e. The summed E-state index contributed by atoms with van der Waals surface area (Å²) in [4.78, 5) is 26.1. The number of fused-ring (bicyclic) bond motifs is 1. The van der Waals surface area contributed by atoms with Crippen LogP contribution in [0.2, 0.25) is 0 Å². The molecule has 1 spiro atoms. The molecule has 0 heterocycles. The number of rotatable bonds is 0. The van der Waals surface area contributed by atoms with E-state index in [1.165, 1.54) is 5.57 Å². The standard InChI is InChI=1S/C17H21BrO2/c1-9-6-10-4-5-12-15(2,3)16(18)8-13(19)17(10,12)11(7-9)14(16)20/h6,10-12H,4-5,7-8H2,1-3H3/t10-,11-,12+,16+,17+/m0/s1. The molecule has 0 aromatic rings. The normalized spacial score (nSPS) is 52.0. The van der Waals surface area contributed by atoms with E-state index in [0.717, 1.165) is 19.3 Å². The first-order chi connectivity index (χ1) is 9.26. The molecule has 4 saturated carbocycles. The zero-order valence-electron chi connectivity index (χ0n) is 12.3. The molecule has 4 fully saturated rings. The summed E-state index contributed by atoms with van der Waals surface area (Å²) < 4.78 is -0.624. The van der Waals surface area contributed by atoms with Crippen LogP contribution in [0.25, 0.3) is 0 Å². The Morgan fingerprint density at radius 3 is 2.65 bits per heavy atom. The van der Waals surface area contributed by atoms with Crippen LogP contribution in [0, 0.1) is 28.6 Å². The number of allylic oxidation sites excluding steroid dienone is 2. The van der Waals surface area contributed by atoms with Crippen molar-refractivity contribution in [2.45, 2.75) is 50.8 Å². The van der Waals surface area contributed by atoms with Crippen LogP contribution in [0.5, 0.6) is 0 Å². The molecule has 108 valence electrons. The highest BCUT2D eigenvalue weighted by atomic mass is 79.9. The number of carbonyl (C=O) groups is 2. The fraction of sp³-hybridized carbons (Fsp3) is 0.765. The molecule has 5 atom stereocenters. The van der Waals surface area contributed by atoms with Crippen molar-refractivity contribution in [1.29, 1.82) is 0 Å². The van der Waals surface area contributed by atoms with E-state index in [4.69, 9.17) is 0 Å². The van der Waals surface area contributed by atoms with Gasteiger partial charge in [-0.25, -0.2) is 0 Å². The molecule has 0 N–H and O–H groups in total. The lowest BCUT2D eigenvalue weighted by Gasteiger charge is -2.65. The fourth-order valence-electron chi connectivity index (χ4n) is 6.13. The maximum atomic E-state index is 13.1. The Kier molecular flexibility index (Phi) is 2.30. The van der Waals surface area contributed by atoms with Crippen molar-refractivity contribution < 1.29 is 9.59 Å². The third-order valence-electron chi connectivity index (χ3n) is 7.03. The molecule has 5 aliphatic rings. The second-order valence-electron chi connectivity index (χ2n) is 7.93. The van der Waals surface area contributed by atoms with Gasteiger partial charge < -0.3 is 0 Å². The molecule has 0 aliphatic heterocycles.